The number of hydrogen-bond acceptors (Lipinski definition) is 8. The molecule has 1 aromatic heterocycles. The summed E-state index contributed by atoms with van der Waals surface area (Å²) in [6, 6.07) is 10.1. The van der Waals surface area contributed by atoms with Crippen molar-refractivity contribution in [2.75, 3.05) is 18.9 Å². The van der Waals surface area contributed by atoms with E-state index in [0.717, 1.165) is 30.2 Å². The molecular formula is C20H27N5O3S. The van der Waals surface area contributed by atoms with Gasteiger partial charge < -0.3 is 9.94 Å². The van der Waals surface area contributed by atoms with Crippen LogP contribution in [-0.2, 0) is 16.1 Å². The summed E-state index contributed by atoms with van der Waals surface area (Å²) >= 11 is 1.32. The second kappa shape index (κ2) is 9.89. The normalized spacial score (nSPS) is 21.4. The number of carbonyl (C=O) groups is 1. The van der Waals surface area contributed by atoms with Crippen LogP contribution in [-0.4, -0.2) is 61.5 Å². The van der Waals surface area contributed by atoms with E-state index in [1.165, 1.54) is 11.8 Å². The van der Waals surface area contributed by atoms with Gasteiger partial charge in [0.2, 0.25) is 0 Å². The van der Waals surface area contributed by atoms with E-state index < -0.39 is 0 Å². The first-order chi connectivity index (χ1) is 14.0. The van der Waals surface area contributed by atoms with Crippen LogP contribution in [0.4, 0.5) is 0 Å². The van der Waals surface area contributed by atoms with Gasteiger partial charge in [-0.05, 0) is 26.0 Å². The molecule has 0 aliphatic carbocycles. The number of thioether (sulfide) groups is 1. The zero-order valence-corrected chi connectivity index (χ0v) is 17.8. The van der Waals surface area contributed by atoms with Crippen molar-refractivity contribution >= 4 is 23.4 Å². The number of para-hydroxylation sites is 1. The molecule has 0 amide bonds. The molecule has 8 nitrogen and oxygen atoms in total. The van der Waals surface area contributed by atoms with Crippen molar-refractivity contribution in [1.29, 1.82) is 0 Å². The average Bonchev–Trinajstić information content (AvgIpc) is 3.12. The number of benzene rings is 1. The molecular weight excluding hydrogens is 390 g/mol. The maximum absolute atomic E-state index is 11.8. The number of ether oxygens (including phenoxy) is 1. The minimum Gasteiger partial charge on any atom is -0.465 e. The number of carbonyl (C=O) groups excluding carboxylic acids is 1. The number of nitrogens with zero attached hydrogens (tertiary/aromatic N) is 5. The molecule has 156 valence electrons. The van der Waals surface area contributed by atoms with Crippen LogP contribution >= 0.6 is 11.8 Å². The molecule has 1 saturated heterocycles. The highest BCUT2D eigenvalue weighted by Gasteiger charge is 2.30. The first-order valence-electron chi connectivity index (χ1n) is 9.76. The van der Waals surface area contributed by atoms with Crippen molar-refractivity contribution in [2.24, 2.45) is 11.1 Å². The van der Waals surface area contributed by atoms with Gasteiger partial charge in [-0.15, -0.1) is 10.2 Å². The Hall–Kier alpha value is -2.39. The molecule has 0 bridgehead atoms. The Kier molecular flexibility index (Phi) is 7.27. The third-order valence-electron chi connectivity index (χ3n) is 5.02. The monoisotopic (exact) mass is 417 g/mol. The maximum Gasteiger partial charge on any atom is 0.316 e. The van der Waals surface area contributed by atoms with Crippen molar-refractivity contribution in [3.8, 4) is 5.69 Å². The summed E-state index contributed by atoms with van der Waals surface area (Å²) in [5.74, 6) is 0.913. The molecule has 2 atom stereocenters. The third-order valence-corrected chi connectivity index (χ3v) is 5.92. The molecule has 1 aliphatic rings. The van der Waals surface area contributed by atoms with E-state index in [4.69, 9.17) is 4.74 Å². The van der Waals surface area contributed by atoms with Gasteiger partial charge in [-0.3, -0.25) is 14.3 Å². The van der Waals surface area contributed by atoms with Crippen molar-refractivity contribution in [1.82, 2.24) is 19.7 Å². The van der Waals surface area contributed by atoms with E-state index in [2.05, 4.69) is 34.1 Å². The summed E-state index contributed by atoms with van der Waals surface area (Å²) < 4.78 is 7.02. The summed E-state index contributed by atoms with van der Waals surface area (Å²) in [6.45, 7) is 7.74. The van der Waals surface area contributed by atoms with E-state index >= 15 is 0 Å². The highest BCUT2D eigenvalue weighted by Crippen LogP contribution is 2.26. The number of rotatable bonds is 7. The smallest absolute Gasteiger partial charge is 0.316 e. The number of aromatic nitrogens is 3. The number of esters is 1. The number of piperidine rings is 1. The maximum atomic E-state index is 11.8. The van der Waals surface area contributed by atoms with Crippen LogP contribution in [0.2, 0.25) is 0 Å². The van der Waals surface area contributed by atoms with Crippen LogP contribution < -0.4 is 0 Å². The van der Waals surface area contributed by atoms with Crippen LogP contribution in [0, 0.1) is 5.92 Å². The first kappa shape index (κ1) is 21.3. The Bertz CT molecular complexity index is 855. The lowest BCUT2D eigenvalue weighted by Crippen LogP contribution is -2.45. The minimum absolute atomic E-state index is 0.182. The fourth-order valence-electron chi connectivity index (χ4n) is 3.47. The van der Waals surface area contributed by atoms with E-state index in [-0.39, 0.29) is 23.7 Å². The summed E-state index contributed by atoms with van der Waals surface area (Å²) in [7, 11) is 0. The predicted molar refractivity (Wildman–Crippen MR) is 112 cm³/mol. The van der Waals surface area contributed by atoms with Crippen molar-refractivity contribution in [3.63, 3.8) is 0 Å². The molecule has 29 heavy (non-hydrogen) atoms. The second-order valence-corrected chi connectivity index (χ2v) is 8.08. The molecule has 1 fully saturated rings. The lowest BCUT2D eigenvalue weighted by atomic mass is 9.93. The Labute approximate surface area is 174 Å². The molecule has 2 heterocycles. The van der Waals surface area contributed by atoms with Gasteiger partial charge in [0.15, 0.2) is 11.0 Å². The molecule has 3 rings (SSSR count). The molecule has 1 aliphatic heterocycles. The Balaban J connectivity index is 1.84. The second-order valence-electron chi connectivity index (χ2n) is 7.14. The summed E-state index contributed by atoms with van der Waals surface area (Å²) in [5, 5.41) is 22.1. The fraction of sp³-hybridized carbons (Fsp3) is 0.500. The molecule has 2 unspecified atom stereocenters. The van der Waals surface area contributed by atoms with E-state index in [1.54, 1.807) is 6.92 Å². The lowest BCUT2D eigenvalue weighted by Gasteiger charge is -2.36. The van der Waals surface area contributed by atoms with Gasteiger partial charge in [0.25, 0.3) is 0 Å². The Morgan fingerprint density at radius 1 is 1.31 bits per heavy atom. The van der Waals surface area contributed by atoms with Crippen molar-refractivity contribution in [2.45, 2.75) is 44.9 Å². The third kappa shape index (κ3) is 5.16. The van der Waals surface area contributed by atoms with Crippen LogP contribution in [0.1, 0.15) is 33.0 Å². The topological polar surface area (TPSA) is 92.8 Å². The zero-order chi connectivity index (χ0) is 20.8. The number of oxime groups is 1. The zero-order valence-electron chi connectivity index (χ0n) is 17.0. The number of hydrogen-bond donors (Lipinski definition) is 1. The SMILES string of the molecule is CCOC(=O)CSc1nnc(CN2CC(C)/C(=N\O)CC2C)n1-c1ccccc1. The van der Waals surface area contributed by atoms with Gasteiger partial charge in [0.05, 0.1) is 24.6 Å². The standard InChI is InChI=1S/C20H27N5O3S/c1-4-28-19(26)13-29-20-22-21-18(25(20)16-8-6-5-7-9-16)12-24-11-14(2)17(23-27)10-15(24)3/h5-9,14-15,27H,4,10-13H2,1-3H3/b23-17-. The van der Waals surface area contributed by atoms with E-state index in [1.807, 2.05) is 34.9 Å². The molecule has 0 saturated carbocycles. The summed E-state index contributed by atoms with van der Waals surface area (Å²) in [4.78, 5) is 14.1. The Morgan fingerprint density at radius 2 is 2.07 bits per heavy atom. The lowest BCUT2D eigenvalue weighted by molar-refractivity contribution is -0.139. The predicted octanol–water partition coefficient (Wildman–Crippen LogP) is 2.98. The molecule has 0 spiro atoms. The molecule has 2 aromatic rings. The van der Waals surface area contributed by atoms with E-state index in [0.29, 0.717) is 18.3 Å². The molecule has 0 radical (unpaired) electrons. The highest BCUT2D eigenvalue weighted by atomic mass is 32.2. The summed E-state index contributed by atoms with van der Waals surface area (Å²) in [5.41, 5.74) is 1.79. The van der Waals surface area contributed by atoms with Crippen molar-refractivity contribution in [3.05, 3.63) is 36.2 Å². The van der Waals surface area contributed by atoms with Gasteiger partial charge in [-0.1, -0.05) is 42.0 Å². The fourth-order valence-corrected chi connectivity index (χ4v) is 4.24. The van der Waals surface area contributed by atoms with Gasteiger partial charge in [0, 0.05) is 30.6 Å². The van der Waals surface area contributed by atoms with Gasteiger partial charge in [-0.25, -0.2) is 0 Å². The molecule has 1 aromatic carbocycles. The van der Waals surface area contributed by atoms with Gasteiger partial charge in [-0.2, -0.15) is 0 Å². The van der Waals surface area contributed by atoms with Gasteiger partial charge >= 0.3 is 5.97 Å². The number of likely N-dealkylation sites (tertiary alicyclic amines) is 1. The largest absolute Gasteiger partial charge is 0.465 e. The van der Waals surface area contributed by atoms with E-state index in [9.17, 15) is 10.0 Å². The summed E-state index contributed by atoms with van der Waals surface area (Å²) in [6.07, 6.45) is 0.724. The Morgan fingerprint density at radius 3 is 2.76 bits per heavy atom. The quantitative estimate of drug-likeness (QED) is 0.320. The van der Waals surface area contributed by atoms with Gasteiger partial charge in [0.1, 0.15) is 0 Å². The molecule has 9 heteroatoms. The van der Waals surface area contributed by atoms with Crippen LogP contribution in [0.5, 0.6) is 0 Å². The van der Waals surface area contributed by atoms with Crippen LogP contribution in [0.15, 0.2) is 40.6 Å². The van der Waals surface area contributed by atoms with Crippen LogP contribution in [0.25, 0.3) is 5.69 Å². The van der Waals surface area contributed by atoms with Crippen LogP contribution in [0.3, 0.4) is 0 Å². The van der Waals surface area contributed by atoms with Crippen molar-refractivity contribution < 1.29 is 14.7 Å². The average molecular weight is 418 g/mol. The highest BCUT2D eigenvalue weighted by molar-refractivity contribution is 7.99. The minimum atomic E-state index is -0.268. The first-order valence-corrected chi connectivity index (χ1v) is 10.7. The molecule has 1 N–H and O–H groups in total.